The maximum atomic E-state index is 13.0. The number of hydrogen-bond donors (Lipinski definition) is 1. The van der Waals surface area contributed by atoms with Crippen molar-refractivity contribution in [3.8, 4) is 11.3 Å². The molecular formula is C24H25N3O3. The van der Waals surface area contributed by atoms with Crippen molar-refractivity contribution >= 4 is 17.4 Å². The van der Waals surface area contributed by atoms with E-state index in [0.29, 0.717) is 25.9 Å². The Bertz CT molecular complexity index is 1090. The minimum absolute atomic E-state index is 0.00231. The highest BCUT2D eigenvalue weighted by molar-refractivity contribution is 5.86. The highest BCUT2D eigenvalue weighted by atomic mass is 16.4. The first-order chi connectivity index (χ1) is 14.6. The lowest BCUT2D eigenvalue weighted by Crippen LogP contribution is -2.49. The summed E-state index contributed by atoms with van der Waals surface area (Å²) in [6.07, 6.45) is 5.20. The molecular weight excluding hydrogens is 378 g/mol. The molecule has 3 heterocycles. The molecule has 6 nitrogen and oxygen atoms in total. The fraction of sp³-hybridized carbons (Fsp3) is 0.375. The van der Waals surface area contributed by atoms with Gasteiger partial charge in [-0.1, -0.05) is 36.4 Å². The van der Waals surface area contributed by atoms with E-state index in [2.05, 4.69) is 22.6 Å². The molecule has 2 aliphatic rings. The van der Waals surface area contributed by atoms with Gasteiger partial charge in [0, 0.05) is 30.8 Å². The fourth-order valence-corrected chi connectivity index (χ4v) is 4.87. The summed E-state index contributed by atoms with van der Waals surface area (Å²) in [7, 11) is 0. The van der Waals surface area contributed by atoms with Crippen LogP contribution in [0.5, 0.6) is 0 Å². The van der Waals surface area contributed by atoms with Gasteiger partial charge in [-0.2, -0.15) is 0 Å². The Morgan fingerprint density at radius 2 is 1.73 bits per heavy atom. The van der Waals surface area contributed by atoms with Crippen molar-refractivity contribution in [2.24, 2.45) is 11.8 Å². The number of carboxylic acid groups (broad SMARTS) is 1. The second-order valence-corrected chi connectivity index (χ2v) is 8.39. The van der Waals surface area contributed by atoms with Crippen LogP contribution in [0.4, 0.5) is 0 Å². The van der Waals surface area contributed by atoms with Gasteiger partial charge in [-0.3, -0.25) is 9.59 Å². The van der Waals surface area contributed by atoms with Crippen LogP contribution in [0.2, 0.25) is 0 Å². The van der Waals surface area contributed by atoms with Gasteiger partial charge in [0.05, 0.1) is 23.0 Å². The average Bonchev–Trinajstić information content (AvgIpc) is 3.13. The number of fused-ring (bicyclic) bond motifs is 1. The number of aliphatic carboxylic acids is 1. The minimum atomic E-state index is -0.847. The van der Waals surface area contributed by atoms with Crippen molar-refractivity contribution < 1.29 is 14.7 Å². The predicted molar refractivity (Wildman–Crippen MR) is 113 cm³/mol. The van der Waals surface area contributed by atoms with E-state index in [-0.39, 0.29) is 17.7 Å². The summed E-state index contributed by atoms with van der Waals surface area (Å²) < 4.78 is 2.14. The van der Waals surface area contributed by atoms with Crippen LogP contribution < -0.4 is 0 Å². The Labute approximate surface area is 175 Å². The van der Waals surface area contributed by atoms with Gasteiger partial charge >= 0.3 is 5.97 Å². The summed E-state index contributed by atoms with van der Waals surface area (Å²) in [5.41, 5.74) is 3.10. The van der Waals surface area contributed by atoms with Crippen molar-refractivity contribution in [2.45, 2.75) is 31.6 Å². The van der Waals surface area contributed by atoms with Crippen LogP contribution in [-0.2, 0) is 9.59 Å². The lowest BCUT2D eigenvalue weighted by atomic mass is 9.72. The van der Waals surface area contributed by atoms with E-state index in [1.165, 1.54) is 0 Å². The maximum Gasteiger partial charge on any atom is 0.307 e. The Morgan fingerprint density at radius 3 is 2.47 bits per heavy atom. The molecule has 3 unspecified atom stereocenters. The van der Waals surface area contributed by atoms with E-state index in [4.69, 9.17) is 4.98 Å². The van der Waals surface area contributed by atoms with E-state index in [1.807, 2.05) is 41.4 Å². The normalized spacial score (nSPS) is 23.9. The third-order valence-electron chi connectivity index (χ3n) is 6.63. The number of carboxylic acids is 1. The maximum absolute atomic E-state index is 13.0. The Balaban J connectivity index is 1.44. The first-order valence-corrected chi connectivity index (χ1v) is 10.7. The van der Waals surface area contributed by atoms with Gasteiger partial charge in [-0.25, -0.2) is 4.98 Å². The van der Waals surface area contributed by atoms with Crippen molar-refractivity contribution in [2.75, 3.05) is 13.1 Å². The van der Waals surface area contributed by atoms with Gasteiger partial charge in [0.1, 0.15) is 5.82 Å². The van der Waals surface area contributed by atoms with Crippen molar-refractivity contribution in [3.05, 3.63) is 60.6 Å². The number of pyridine rings is 1. The number of carbonyl (C=O) groups is 2. The summed E-state index contributed by atoms with van der Waals surface area (Å²) in [6, 6.07) is 16.3. The van der Waals surface area contributed by atoms with Gasteiger partial charge in [0.2, 0.25) is 5.91 Å². The van der Waals surface area contributed by atoms with Gasteiger partial charge < -0.3 is 14.4 Å². The first kappa shape index (κ1) is 18.9. The van der Waals surface area contributed by atoms with E-state index >= 15 is 0 Å². The minimum Gasteiger partial charge on any atom is -0.481 e. The molecule has 3 aromatic rings. The molecule has 1 aliphatic carbocycles. The van der Waals surface area contributed by atoms with Gasteiger partial charge in [0.25, 0.3) is 0 Å². The molecule has 1 saturated heterocycles. The van der Waals surface area contributed by atoms with Crippen molar-refractivity contribution in [1.82, 2.24) is 14.3 Å². The molecule has 1 saturated carbocycles. The van der Waals surface area contributed by atoms with Crippen molar-refractivity contribution in [3.63, 3.8) is 0 Å². The lowest BCUT2D eigenvalue weighted by Gasteiger charge is -2.39. The Morgan fingerprint density at radius 1 is 0.967 bits per heavy atom. The molecule has 2 fully saturated rings. The molecule has 154 valence electrons. The van der Waals surface area contributed by atoms with Crippen LogP contribution in [0.1, 0.15) is 37.4 Å². The third kappa shape index (κ3) is 3.16. The molecule has 3 atom stereocenters. The van der Waals surface area contributed by atoms with E-state index in [9.17, 15) is 14.7 Å². The summed E-state index contributed by atoms with van der Waals surface area (Å²) in [5, 5.41) is 9.33. The molecule has 5 rings (SSSR count). The van der Waals surface area contributed by atoms with Crippen LogP contribution >= 0.6 is 0 Å². The number of imidazole rings is 1. The highest BCUT2D eigenvalue weighted by Gasteiger charge is 2.44. The number of rotatable bonds is 4. The van der Waals surface area contributed by atoms with Gasteiger partial charge in [-0.05, 0) is 37.8 Å². The molecule has 0 bridgehead atoms. The SMILES string of the molecule is O=C(O)C1CCC1C(=O)N1CCCC(c2nc(-c3ccccc3)c3ccccn23)C1. The topological polar surface area (TPSA) is 74.9 Å². The number of aromatic nitrogens is 2. The summed E-state index contributed by atoms with van der Waals surface area (Å²) in [5.74, 6) is -0.612. The van der Waals surface area contributed by atoms with Crippen LogP contribution in [0.3, 0.4) is 0 Å². The summed E-state index contributed by atoms with van der Waals surface area (Å²) in [6.45, 7) is 1.30. The second kappa shape index (κ2) is 7.59. The number of amides is 1. The van der Waals surface area contributed by atoms with Crippen LogP contribution in [0, 0.1) is 11.8 Å². The van der Waals surface area contributed by atoms with Gasteiger partial charge in [0.15, 0.2) is 0 Å². The summed E-state index contributed by atoms with van der Waals surface area (Å²) in [4.78, 5) is 31.3. The van der Waals surface area contributed by atoms with Crippen molar-refractivity contribution in [1.29, 1.82) is 0 Å². The standard InChI is InChI=1S/C24H25N3O3/c28-23(18-11-12-19(18)24(29)30)26-13-6-9-17(15-26)22-25-21(16-7-2-1-3-8-16)20-10-4-5-14-27(20)22/h1-5,7-8,10,14,17-19H,6,9,11-13,15H2,(H,29,30). The zero-order chi connectivity index (χ0) is 20.7. The lowest BCUT2D eigenvalue weighted by molar-refractivity contribution is -0.157. The van der Waals surface area contributed by atoms with E-state index in [0.717, 1.165) is 35.4 Å². The zero-order valence-electron chi connectivity index (χ0n) is 16.8. The predicted octanol–water partition coefficient (Wildman–Crippen LogP) is 3.82. The molecule has 1 N–H and O–H groups in total. The molecule has 6 heteroatoms. The van der Waals surface area contributed by atoms with Crippen LogP contribution in [-0.4, -0.2) is 44.4 Å². The second-order valence-electron chi connectivity index (χ2n) is 8.39. The number of benzene rings is 1. The number of hydrogen-bond acceptors (Lipinski definition) is 3. The zero-order valence-corrected chi connectivity index (χ0v) is 16.8. The number of piperidine rings is 1. The number of carbonyl (C=O) groups excluding carboxylic acids is 1. The Kier molecular flexibility index (Phi) is 4.77. The molecule has 0 spiro atoms. The molecule has 30 heavy (non-hydrogen) atoms. The monoisotopic (exact) mass is 403 g/mol. The molecule has 0 radical (unpaired) electrons. The van der Waals surface area contributed by atoms with Crippen LogP contribution in [0.25, 0.3) is 16.8 Å². The summed E-state index contributed by atoms with van der Waals surface area (Å²) >= 11 is 0. The molecule has 1 aromatic carbocycles. The van der Waals surface area contributed by atoms with E-state index < -0.39 is 11.9 Å². The Hall–Kier alpha value is -3.15. The van der Waals surface area contributed by atoms with E-state index in [1.54, 1.807) is 0 Å². The average molecular weight is 403 g/mol. The smallest absolute Gasteiger partial charge is 0.307 e. The largest absolute Gasteiger partial charge is 0.481 e. The highest BCUT2D eigenvalue weighted by Crippen LogP contribution is 2.38. The third-order valence-corrected chi connectivity index (χ3v) is 6.63. The molecule has 2 aromatic heterocycles. The number of likely N-dealkylation sites (tertiary alicyclic amines) is 1. The first-order valence-electron chi connectivity index (χ1n) is 10.7. The fourth-order valence-electron chi connectivity index (χ4n) is 4.87. The number of nitrogens with zero attached hydrogens (tertiary/aromatic N) is 3. The van der Waals surface area contributed by atoms with Gasteiger partial charge in [-0.15, -0.1) is 0 Å². The quantitative estimate of drug-likeness (QED) is 0.719. The molecule has 1 aliphatic heterocycles. The van der Waals surface area contributed by atoms with Crippen LogP contribution in [0.15, 0.2) is 54.7 Å². The molecule has 1 amide bonds.